The first-order valence-electron chi connectivity index (χ1n) is 5.97. The molecule has 4 nitrogen and oxygen atoms in total. The van der Waals surface area contributed by atoms with E-state index in [1.54, 1.807) is 19.2 Å². The highest BCUT2D eigenvalue weighted by Crippen LogP contribution is 2.18. The zero-order valence-electron chi connectivity index (χ0n) is 10.9. The van der Waals surface area contributed by atoms with Crippen LogP contribution >= 0.6 is 0 Å². The van der Waals surface area contributed by atoms with Crippen LogP contribution in [0.3, 0.4) is 0 Å². The van der Waals surface area contributed by atoms with Gasteiger partial charge in [-0.05, 0) is 18.6 Å². The summed E-state index contributed by atoms with van der Waals surface area (Å²) in [5, 5.41) is 8.75. The van der Waals surface area contributed by atoms with Crippen LogP contribution in [0.5, 0.6) is 0 Å². The van der Waals surface area contributed by atoms with Crippen molar-refractivity contribution in [1.82, 2.24) is 4.57 Å². The van der Waals surface area contributed by atoms with Gasteiger partial charge in [0.2, 0.25) is 0 Å². The summed E-state index contributed by atoms with van der Waals surface area (Å²) in [7, 11) is 1.66. The molecule has 0 amide bonds. The summed E-state index contributed by atoms with van der Waals surface area (Å²) in [5.74, 6) is -1.000. The van der Waals surface area contributed by atoms with E-state index in [2.05, 4.69) is 0 Å². The van der Waals surface area contributed by atoms with Gasteiger partial charge in [0, 0.05) is 12.6 Å². The molecule has 0 saturated carbocycles. The summed E-state index contributed by atoms with van der Waals surface area (Å²) in [6.07, 6.45) is -0.249. The molecule has 0 atom stereocenters. The Morgan fingerprint density at radius 3 is 2.37 bits per heavy atom. The fourth-order valence-electron chi connectivity index (χ4n) is 2.00. The van der Waals surface area contributed by atoms with E-state index in [1.807, 2.05) is 31.2 Å². The summed E-state index contributed by atoms with van der Waals surface area (Å²) >= 11 is 0. The second-order valence-corrected chi connectivity index (χ2v) is 4.54. The number of carboxylic acid groups (broad SMARTS) is 1. The highest BCUT2D eigenvalue weighted by Gasteiger charge is 2.10. The number of hydrogen-bond acceptors (Lipinski definition) is 2. The highest BCUT2D eigenvalue weighted by atomic mass is 16.4. The zero-order valence-corrected chi connectivity index (χ0v) is 10.9. The van der Waals surface area contributed by atoms with Gasteiger partial charge in [-0.1, -0.05) is 35.9 Å². The molecular formula is C15H15NO3. The molecule has 1 aromatic heterocycles. The van der Waals surface area contributed by atoms with Crippen LogP contribution in [0.25, 0.3) is 11.3 Å². The Hall–Kier alpha value is -2.36. The SMILES string of the molecule is Cc1ccc(-c2ccc(CC(=O)O)c(=O)n2C)cc1. The van der Waals surface area contributed by atoms with E-state index in [4.69, 9.17) is 5.11 Å². The molecule has 2 rings (SSSR count). The molecule has 2 aromatic rings. The van der Waals surface area contributed by atoms with Gasteiger partial charge in [-0.3, -0.25) is 9.59 Å². The number of pyridine rings is 1. The molecule has 4 heteroatoms. The van der Waals surface area contributed by atoms with Gasteiger partial charge in [-0.15, -0.1) is 0 Å². The molecule has 0 aliphatic carbocycles. The molecule has 19 heavy (non-hydrogen) atoms. The van der Waals surface area contributed by atoms with Crippen LogP contribution in [0.2, 0.25) is 0 Å². The normalized spacial score (nSPS) is 10.4. The van der Waals surface area contributed by atoms with Crippen LogP contribution in [0, 0.1) is 6.92 Å². The fraction of sp³-hybridized carbons (Fsp3) is 0.200. The summed E-state index contributed by atoms with van der Waals surface area (Å²) < 4.78 is 1.49. The van der Waals surface area contributed by atoms with Crippen LogP contribution in [-0.2, 0) is 18.3 Å². The average molecular weight is 257 g/mol. The van der Waals surface area contributed by atoms with Crippen molar-refractivity contribution in [1.29, 1.82) is 0 Å². The number of aromatic nitrogens is 1. The molecule has 0 fully saturated rings. The minimum Gasteiger partial charge on any atom is -0.481 e. The quantitative estimate of drug-likeness (QED) is 0.914. The van der Waals surface area contributed by atoms with Crippen molar-refractivity contribution in [2.24, 2.45) is 7.05 Å². The number of aryl methyl sites for hydroxylation is 1. The molecular weight excluding hydrogens is 242 g/mol. The smallest absolute Gasteiger partial charge is 0.308 e. The van der Waals surface area contributed by atoms with E-state index in [0.717, 1.165) is 16.8 Å². The van der Waals surface area contributed by atoms with Gasteiger partial charge >= 0.3 is 5.97 Å². The Bertz CT molecular complexity index is 669. The standard InChI is InChI=1S/C15H15NO3/c1-10-3-5-11(6-4-10)13-8-7-12(9-14(17)18)15(19)16(13)2/h3-8H,9H2,1-2H3,(H,17,18). The molecule has 98 valence electrons. The summed E-state index contributed by atoms with van der Waals surface area (Å²) in [6, 6.07) is 11.2. The van der Waals surface area contributed by atoms with Crippen LogP contribution in [-0.4, -0.2) is 15.6 Å². The van der Waals surface area contributed by atoms with Gasteiger partial charge in [-0.25, -0.2) is 0 Å². The summed E-state index contributed by atoms with van der Waals surface area (Å²) in [5.41, 5.74) is 2.90. The molecule has 0 saturated heterocycles. The van der Waals surface area contributed by atoms with Gasteiger partial charge in [0.25, 0.3) is 5.56 Å². The Labute approximate surface area is 110 Å². The third kappa shape index (κ3) is 2.73. The monoisotopic (exact) mass is 257 g/mol. The number of nitrogens with zero attached hydrogens (tertiary/aromatic N) is 1. The van der Waals surface area contributed by atoms with Crippen molar-refractivity contribution >= 4 is 5.97 Å². The van der Waals surface area contributed by atoms with Gasteiger partial charge in [0.05, 0.1) is 12.1 Å². The van der Waals surface area contributed by atoms with E-state index >= 15 is 0 Å². The molecule has 0 aliphatic rings. The predicted octanol–water partition coefficient (Wildman–Crippen LogP) is 1.99. The number of rotatable bonds is 3. The Kier molecular flexibility index (Phi) is 3.51. The zero-order chi connectivity index (χ0) is 14.0. The average Bonchev–Trinajstić information content (AvgIpc) is 2.36. The topological polar surface area (TPSA) is 59.3 Å². The molecule has 1 N–H and O–H groups in total. The second-order valence-electron chi connectivity index (χ2n) is 4.54. The van der Waals surface area contributed by atoms with E-state index in [0.29, 0.717) is 5.56 Å². The predicted molar refractivity (Wildman–Crippen MR) is 73.2 cm³/mol. The van der Waals surface area contributed by atoms with Crippen LogP contribution in [0.1, 0.15) is 11.1 Å². The lowest BCUT2D eigenvalue weighted by Crippen LogP contribution is -2.23. The second kappa shape index (κ2) is 5.10. The Balaban J connectivity index is 2.49. The minimum absolute atomic E-state index is 0.249. The van der Waals surface area contributed by atoms with Crippen molar-refractivity contribution in [2.45, 2.75) is 13.3 Å². The molecule has 0 radical (unpaired) electrons. The lowest BCUT2D eigenvalue weighted by Gasteiger charge is -2.10. The van der Waals surface area contributed by atoms with Crippen molar-refractivity contribution in [3.05, 3.63) is 57.9 Å². The van der Waals surface area contributed by atoms with Gasteiger partial charge < -0.3 is 9.67 Å². The Morgan fingerprint density at radius 2 is 1.79 bits per heavy atom. The largest absolute Gasteiger partial charge is 0.481 e. The van der Waals surface area contributed by atoms with E-state index in [9.17, 15) is 9.59 Å². The number of hydrogen-bond donors (Lipinski definition) is 1. The maximum absolute atomic E-state index is 12.1. The molecule has 0 spiro atoms. The van der Waals surface area contributed by atoms with Crippen molar-refractivity contribution in [3.8, 4) is 11.3 Å². The van der Waals surface area contributed by atoms with E-state index in [-0.39, 0.29) is 12.0 Å². The molecule has 1 heterocycles. The highest BCUT2D eigenvalue weighted by molar-refractivity contribution is 5.70. The third-order valence-electron chi connectivity index (χ3n) is 3.07. The number of carboxylic acids is 1. The van der Waals surface area contributed by atoms with Gasteiger partial charge in [0.1, 0.15) is 0 Å². The van der Waals surface area contributed by atoms with E-state index < -0.39 is 5.97 Å². The fourth-order valence-corrected chi connectivity index (χ4v) is 2.00. The molecule has 0 bridgehead atoms. The number of aliphatic carboxylic acids is 1. The van der Waals surface area contributed by atoms with Crippen LogP contribution in [0.4, 0.5) is 0 Å². The van der Waals surface area contributed by atoms with Crippen molar-refractivity contribution < 1.29 is 9.90 Å². The summed E-state index contributed by atoms with van der Waals surface area (Å²) in [6.45, 7) is 2.00. The van der Waals surface area contributed by atoms with Crippen molar-refractivity contribution in [3.63, 3.8) is 0 Å². The summed E-state index contributed by atoms with van der Waals surface area (Å²) in [4.78, 5) is 22.7. The maximum Gasteiger partial charge on any atom is 0.308 e. The third-order valence-corrected chi connectivity index (χ3v) is 3.07. The lowest BCUT2D eigenvalue weighted by atomic mass is 10.1. The molecule has 1 aromatic carbocycles. The van der Waals surface area contributed by atoms with Gasteiger partial charge in [0.15, 0.2) is 0 Å². The first kappa shape index (κ1) is 13.1. The minimum atomic E-state index is -1.000. The first-order chi connectivity index (χ1) is 8.99. The number of benzene rings is 1. The Morgan fingerprint density at radius 1 is 1.16 bits per heavy atom. The van der Waals surface area contributed by atoms with Gasteiger partial charge in [-0.2, -0.15) is 0 Å². The van der Waals surface area contributed by atoms with Crippen LogP contribution in [0.15, 0.2) is 41.2 Å². The first-order valence-corrected chi connectivity index (χ1v) is 5.97. The molecule has 0 unspecified atom stereocenters. The van der Waals surface area contributed by atoms with E-state index in [1.165, 1.54) is 4.57 Å². The van der Waals surface area contributed by atoms with Crippen LogP contribution < -0.4 is 5.56 Å². The molecule has 0 aliphatic heterocycles. The lowest BCUT2D eigenvalue weighted by molar-refractivity contribution is -0.136. The number of carbonyl (C=O) groups is 1. The van der Waals surface area contributed by atoms with Crippen molar-refractivity contribution in [2.75, 3.05) is 0 Å². The maximum atomic E-state index is 12.1.